The zero-order valence-corrected chi connectivity index (χ0v) is 12.5. The number of nitrogens with one attached hydrogen (secondary N) is 1. The first-order chi connectivity index (χ1) is 9.22. The first-order valence-electron chi connectivity index (χ1n) is 7.41. The van der Waals surface area contributed by atoms with Crippen molar-refractivity contribution in [3.63, 3.8) is 0 Å². The molecule has 1 N–H and O–H groups in total. The minimum Gasteiger partial charge on any atom is -0.358 e. The smallest absolute Gasteiger partial charge is 0.237 e. The molecule has 112 valence electrons. The molecule has 5 nitrogen and oxygen atoms in total. The summed E-state index contributed by atoms with van der Waals surface area (Å²) < 4.78 is 11.1. The molecule has 1 aliphatic rings. The van der Waals surface area contributed by atoms with Gasteiger partial charge >= 0.3 is 0 Å². The second-order valence-electron chi connectivity index (χ2n) is 4.79. The van der Waals surface area contributed by atoms with Crippen LogP contribution in [-0.4, -0.2) is 56.5 Å². The highest BCUT2D eigenvalue weighted by atomic mass is 16.7. The molecule has 1 aliphatic heterocycles. The number of piperidine rings is 1. The Morgan fingerprint density at radius 2 is 2.00 bits per heavy atom. The van der Waals surface area contributed by atoms with Crippen LogP contribution < -0.4 is 5.32 Å². The van der Waals surface area contributed by atoms with Crippen molar-refractivity contribution >= 4 is 5.91 Å². The maximum Gasteiger partial charge on any atom is 0.237 e. The third kappa shape index (κ3) is 5.47. The van der Waals surface area contributed by atoms with E-state index in [1.165, 1.54) is 6.42 Å². The molecule has 1 fully saturated rings. The van der Waals surface area contributed by atoms with Crippen molar-refractivity contribution in [1.29, 1.82) is 0 Å². The minimum absolute atomic E-state index is 0.0163. The zero-order chi connectivity index (χ0) is 14.1. The Morgan fingerprint density at radius 1 is 1.32 bits per heavy atom. The highest BCUT2D eigenvalue weighted by Crippen LogP contribution is 2.18. The van der Waals surface area contributed by atoms with Crippen molar-refractivity contribution in [1.82, 2.24) is 10.2 Å². The van der Waals surface area contributed by atoms with Gasteiger partial charge in [0.25, 0.3) is 0 Å². The number of amides is 1. The zero-order valence-electron chi connectivity index (χ0n) is 12.5. The quantitative estimate of drug-likeness (QED) is 0.678. The lowest BCUT2D eigenvalue weighted by Gasteiger charge is -2.35. The van der Waals surface area contributed by atoms with E-state index in [0.29, 0.717) is 13.2 Å². The molecule has 0 saturated carbocycles. The van der Waals surface area contributed by atoms with Crippen LogP contribution in [0.15, 0.2) is 0 Å². The van der Waals surface area contributed by atoms with Gasteiger partial charge in [0, 0.05) is 33.2 Å². The molecule has 0 radical (unpaired) electrons. The molecule has 5 heteroatoms. The number of rotatable bonds is 8. The van der Waals surface area contributed by atoms with Crippen LogP contribution in [0.4, 0.5) is 0 Å². The summed E-state index contributed by atoms with van der Waals surface area (Å²) in [6, 6.07) is 0.0163. The number of likely N-dealkylation sites (tertiary alicyclic amines) is 1. The van der Waals surface area contributed by atoms with Crippen molar-refractivity contribution in [3.05, 3.63) is 0 Å². The molecule has 1 heterocycles. The first-order valence-corrected chi connectivity index (χ1v) is 7.41. The number of hydrogen-bond donors (Lipinski definition) is 1. The largest absolute Gasteiger partial charge is 0.358 e. The standard InChI is InChI=1S/C14H28N2O3/c1-4-18-13(19-5-2)9-11-16-10-7-6-8-12(16)14(17)15-3/h12-13H,4-11H2,1-3H3,(H,15,17). The van der Waals surface area contributed by atoms with Crippen LogP contribution in [0, 0.1) is 0 Å². The lowest BCUT2D eigenvalue weighted by Crippen LogP contribution is -2.49. The van der Waals surface area contributed by atoms with Gasteiger partial charge in [-0.3, -0.25) is 9.69 Å². The van der Waals surface area contributed by atoms with E-state index in [9.17, 15) is 4.79 Å². The van der Waals surface area contributed by atoms with Crippen molar-refractivity contribution in [2.75, 3.05) is 33.4 Å². The van der Waals surface area contributed by atoms with Gasteiger partial charge in [-0.15, -0.1) is 0 Å². The van der Waals surface area contributed by atoms with Gasteiger partial charge in [0.15, 0.2) is 6.29 Å². The average Bonchev–Trinajstić information content (AvgIpc) is 2.44. The maximum absolute atomic E-state index is 11.9. The van der Waals surface area contributed by atoms with Crippen molar-refractivity contribution < 1.29 is 14.3 Å². The lowest BCUT2D eigenvalue weighted by atomic mass is 10.0. The van der Waals surface area contributed by atoms with Crippen LogP contribution in [0.3, 0.4) is 0 Å². The predicted molar refractivity (Wildman–Crippen MR) is 74.9 cm³/mol. The van der Waals surface area contributed by atoms with Gasteiger partial charge < -0.3 is 14.8 Å². The highest BCUT2D eigenvalue weighted by molar-refractivity contribution is 5.81. The van der Waals surface area contributed by atoms with E-state index in [1.54, 1.807) is 7.05 Å². The summed E-state index contributed by atoms with van der Waals surface area (Å²) in [5, 5.41) is 2.76. The van der Waals surface area contributed by atoms with Crippen molar-refractivity contribution in [2.24, 2.45) is 0 Å². The van der Waals surface area contributed by atoms with Gasteiger partial charge in [-0.05, 0) is 33.2 Å². The monoisotopic (exact) mass is 272 g/mol. The van der Waals surface area contributed by atoms with E-state index in [0.717, 1.165) is 32.4 Å². The van der Waals surface area contributed by atoms with Crippen LogP contribution in [-0.2, 0) is 14.3 Å². The average molecular weight is 272 g/mol. The number of carbonyl (C=O) groups excluding carboxylic acids is 1. The summed E-state index contributed by atoms with van der Waals surface area (Å²) >= 11 is 0. The fourth-order valence-corrected chi connectivity index (χ4v) is 2.58. The van der Waals surface area contributed by atoms with Gasteiger partial charge in [0.1, 0.15) is 0 Å². The topological polar surface area (TPSA) is 50.8 Å². The van der Waals surface area contributed by atoms with Gasteiger partial charge in [-0.2, -0.15) is 0 Å². The van der Waals surface area contributed by atoms with Gasteiger partial charge in [-0.25, -0.2) is 0 Å². The molecule has 0 spiro atoms. The second kappa shape index (κ2) is 9.28. The van der Waals surface area contributed by atoms with Gasteiger partial charge in [-0.1, -0.05) is 6.42 Å². The Kier molecular flexibility index (Phi) is 8.02. The number of ether oxygens (including phenoxy) is 2. The normalized spacial score (nSPS) is 20.7. The molecule has 19 heavy (non-hydrogen) atoms. The molecule has 0 aromatic heterocycles. The van der Waals surface area contributed by atoms with Crippen LogP contribution in [0.25, 0.3) is 0 Å². The van der Waals surface area contributed by atoms with Crippen molar-refractivity contribution in [2.45, 2.75) is 51.9 Å². The number of hydrogen-bond acceptors (Lipinski definition) is 4. The van der Waals surface area contributed by atoms with E-state index < -0.39 is 0 Å². The summed E-state index contributed by atoms with van der Waals surface area (Å²) in [5.74, 6) is 0.129. The molecule has 1 saturated heterocycles. The van der Waals surface area contributed by atoms with Crippen LogP contribution in [0.5, 0.6) is 0 Å². The highest BCUT2D eigenvalue weighted by Gasteiger charge is 2.28. The number of likely N-dealkylation sites (N-methyl/N-ethyl adjacent to an activating group) is 1. The molecule has 1 amide bonds. The Balaban J connectivity index is 2.45. The first kappa shape index (κ1) is 16.4. The SMILES string of the molecule is CCOC(CCN1CCCCC1C(=O)NC)OCC. The fourth-order valence-electron chi connectivity index (χ4n) is 2.58. The summed E-state index contributed by atoms with van der Waals surface area (Å²) in [6.45, 7) is 7.10. The molecule has 1 unspecified atom stereocenters. The summed E-state index contributed by atoms with van der Waals surface area (Å²) in [4.78, 5) is 14.1. The molecule has 0 bridgehead atoms. The summed E-state index contributed by atoms with van der Waals surface area (Å²) in [7, 11) is 1.71. The lowest BCUT2D eigenvalue weighted by molar-refractivity contribution is -0.145. The third-order valence-corrected chi connectivity index (χ3v) is 3.52. The van der Waals surface area contributed by atoms with Gasteiger partial charge in [0.05, 0.1) is 6.04 Å². The van der Waals surface area contributed by atoms with E-state index in [4.69, 9.17) is 9.47 Å². The van der Waals surface area contributed by atoms with Crippen LogP contribution >= 0.6 is 0 Å². The number of carbonyl (C=O) groups is 1. The second-order valence-corrected chi connectivity index (χ2v) is 4.79. The molecule has 0 aliphatic carbocycles. The van der Waals surface area contributed by atoms with E-state index in [2.05, 4.69) is 10.2 Å². The molecule has 0 aromatic carbocycles. The molecule has 1 rings (SSSR count). The Hall–Kier alpha value is -0.650. The van der Waals surface area contributed by atoms with Crippen molar-refractivity contribution in [3.8, 4) is 0 Å². The summed E-state index contributed by atoms with van der Waals surface area (Å²) in [6.07, 6.45) is 3.92. The Labute approximate surface area is 116 Å². The molecule has 1 atom stereocenters. The molecule has 0 aromatic rings. The van der Waals surface area contributed by atoms with E-state index in [1.807, 2.05) is 13.8 Å². The van der Waals surface area contributed by atoms with Gasteiger partial charge in [0.2, 0.25) is 5.91 Å². The third-order valence-electron chi connectivity index (χ3n) is 3.52. The molecular weight excluding hydrogens is 244 g/mol. The Bertz CT molecular complexity index is 255. The number of nitrogens with zero attached hydrogens (tertiary/aromatic N) is 1. The van der Waals surface area contributed by atoms with Crippen LogP contribution in [0.1, 0.15) is 39.5 Å². The fraction of sp³-hybridized carbons (Fsp3) is 0.929. The summed E-state index contributed by atoms with van der Waals surface area (Å²) in [5.41, 5.74) is 0. The Morgan fingerprint density at radius 3 is 2.58 bits per heavy atom. The molecular formula is C14H28N2O3. The van der Waals surface area contributed by atoms with E-state index >= 15 is 0 Å². The maximum atomic E-state index is 11.9. The minimum atomic E-state index is -0.151. The predicted octanol–water partition coefficient (Wildman–Crippen LogP) is 1.38. The van der Waals surface area contributed by atoms with Crippen LogP contribution in [0.2, 0.25) is 0 Å². The van der Waals surface area contributed by atoms with E-state index in [-0.39, 0.29) is 18.2 Å².